The van der Waals surface area contributed by atoms with Crippen LogP contribution in [0, 0.1) is 13.8 Å². The summed E-state index contributed by atoms with van der Waals surface area (Å²) >= 11 is 0. The highest BCUT2D eigenvalue weighted by atomic mass is 16.3. The molecular weight excluding hydrogens is 316 g/mol. The van der Waals surface area contributed by atoms with Crippen molar-refractivity contribution in [3.05, 3.63) is 35.4 Å². The van der Waals surface area contributed by atoms with Crippen molar-refractivity contribution in [3.8, 4) is 11.3 Å². The molecule has 0 aliphatic carbocycles. The predicted octanol–water partition coefficient (Wildman–Crippen LogP) is 3.13. The number of anilines is 1. The van der Waals surface area contributed by atoms with Crippen LogP contribution in [0.2, 0.25) is 0 Å². The molecule has 4 rings (SSSR count). The lowest BCUT2D eigenvalue weighted by Crippen LogP contribution is -2.40. The van der Waals surface area contributed by atoms with E-state index in [1.807, 2.05) is 23.6 Å². The van der Waals surface area contributed by atoms with Crippen molar-refractivity contribution >= 4 is 11.5 Å². The summed E-state index contributed by atoms with van der Waals surface area (Å²) in [5.74, 6) is 1.92. The maximum Gasteiger partial charge on any atom is 0.158 e. The SMILES string of the molecule is CCc1c(C)nc2cc(-c3ccoc3C)nn2c1N1CCC[C@H](O)C1. The predicted molar refractivity (Wildman–Crippen MR) is 97.0 cm³/mol. The monoisotopic (exact) mass is 340 g/mol. The fraction of sp³-hybridized carbons (Fsp3) is 0.474. The number of piperidine rings is 1. The number of aromatic nitrogens is 3. The van der Waals surface area contributed by atoms with Gasteiger partial charge in [-0.3, -0.25) is 0 Å². The van der Waals surface area contributed by atoms with Gasteiger partial charge >= 0.3 is 0 Å². The average Bonchev–Trinajstić information content (AvgIpc) is 3.19. The first kappa shape index (κ1) is 16.1. The highest BCUT2D eigenvalue weighted by molar-refractivity contribution is 5.68. The normalized spacial score (nSPS) is 18.2. The first-order chi connectivity index (χ1) is 12.1. The quantitative estimate of drug-likeness (QED) is 0.793. The first-order valence-electron chi connectivity index (χ1n) is 8.95. The summed E-state index contributed by atoms with van der Waals surface area (Å²) in [5.41, 5.74) is 4.91. The van der Waals surface area contributed by atoms with Crippen molar-refractivity contribution in [2.45, 2.75) is 46.1 Å². The number of rotatable bonds is 3. The summed E-state index contributed by atoms with van der Waals surface area (Å²) in [4.78, 5) is 7.02. The Morgan fingerprint density at radius 2 is 2.20 bits per heavy atom. The highest BCUT2D eigenvalue weighted by Gasteiger charge is 2.25. The molecule has 0 saturated carbocycles. The molecule has 0 bridgehead atoms. The van der Waals surface area contributed by atoms with Gasteiger partial charge in [0.15, 0.2) is 5.65 Å². The molecule has 0 spiro atoms. The third-order valence-electron chi connectivity index (χ3n) is 5.06. The Morgan fingerprint density at radius 3 is 2.88 bits per heavy atom. The number of β-amino-alcohol motifs (C(OH)–C–C–N with tert-alkyl or cyclic N) is 1. The van der Waals surface area contributed by atoms with Gasteiger partial charge in [-0.15, -0.1) is 0 Å². The number of nitrogens with zero attached hydrogens (tertiary/aromatic N) is 4. The maximum absolute atomic E-state index is 10.1. The van der Waals surface area contributed by atoms with Crippen LogP contribution in [0.4, 0.5) is 5.82 Å². The van der Waals surface area contributed by atoms with Crippen molar-refractivity contribution in [3.63, 3.8) is 0 Å². The van der Waals surface area contributed by atoms with Crippen molar-refractivity contribution in [1.29, 1.82) is 0 Å². The molecule has 3 aromatic rings. The van der Waals surface area contributed by atoms with E-state index in [1.165, 1.54) is 5.56 Å². The minimum Gasteiger partial charge on any atom is -0.469 e. The molecular formula is C19H24N4O2. The third kappa shape index (κ3) is 2.70. The molecule has 0 unspecified atom stereocenters. The summed E-state index contributed by atoms with van der Waals surface area (Å²) in [6.45, 7) is 7.72. The summed E-state index contributed by atoms with van der Waals surface area (Å²) in [6, 6.07) is 3.95. The van der Waals surface area contributed by atoms with Crippen molar-refractivity contribution < 1.29 is 9.52 Å². The maximum atomic E-state index is 10.1. The van der Waals surface area contributed by atoms with Gasteiger partial charge in [-0.1, -0.05) is 6.92 Å². The van der Waals surface area contributed by atoms with Crippen molar-refractivity contribution in [2.75, 3.05) is 18.0 Å². The first-order valence-corrected chi connectivity index (χ1v) is 8.95. The lowest BCUT2D eigenvalue weighted by Gasteiger charge is -2.33. The summed E-state index contributed by atoms with van der Waals surface area (Å²) in [7, 11) is 0. The third-order valence-corrected chi connectivity index (χ3v) is 5.06. The van der Waals surface area contributed by atoms with Gasteiger partial charge in [0.25, 0.3) is 0 Å². The zero-order valence-corrected chi connectivity index (χ0v) is 15.0. The Hall–Kier alpha value is -2.34. The van der Waals surface area contributed by atoms with Crippen LogP contribution in [-0.2, 0) is 6.42 Å². The molecule has 25 heavy (non-hydrogen) atoms. The molecule has 1 N–H and O–H groups in total. The van der Waals surface area contributed by atoms with Gasteiger partial charge in [0.2, 0.25) is 0 Å². The van der Waals surface area contributed by atoms with Crippen LogP contribution in [0.15, 0.2) is 22.8 Å². The van der Waals surface area contributed by atoms with Crippen LogP contribution >= 0.6 is 0 Å². The van der Waals surface area contributed by atoms with Gasteiger partial charge < -0.3 is 14.4 Å². The van der Waals surface area contributed by atoms with E-state index in [4.69, 9.17) is 14.5 Å². The molecule has 6 nitrogen and oxygen atoms in total. The molecule has 1 aliphatic rings. The topological polar surface area (TPSA) is 66.8 Å². The number of furan rings is 1. The zero-order valence-electron chi connectivity index (χ0n) is 15.0. The van der Waals surface area contributed by atoms with Crippen LogP contribution < -0.4 is 4.90 Å². The number of aliphatic hydroxyl groups is 1. The summed E-state index contributed by atoms with van der Waals surface area (Å²) in [6.07, 6.45) is 4.14. The fourth-order valence-corrected chi connectivity index (χ4v) is 3.80. The molecule has 1 fully saturated rings. The van der Waals surface area contributed by atoms with Gasteiger partial charge in [0.05, 0.1) is 18.1 Å². The summed E-state index contributed by atoms with van der Waals surface area (Å²) < 4.78 is 7.37. The van der Waals surface area contributed by atoms with Gasteiger partial charge in [-0.2, -0.15) is 9.61 Å². The van der Waals surface area contributed by atoms with Gasteiger partial charge in [-0.05, 0) is 39.2 Å². The number of aliphatic hydroxyl groups excluding tert-OH is 1. The molecule has 0 amide bonds. The Morgan fingerprint density at radius 1 is 1.36 bits per heavy atom. The number of hydrogen-bond donors (Lipinski definition) is 1. The molecule has 4 heterocycles. The van der Waals surface area contributed by atoms with Crippen molar-refractivity contribution in [1.82, 2.24) is 14.6 Å². The fourth-order valence-electron chi connectivity index (χ4n) is 3.80. The molecule has 0 radical (unpaired) electrons. The van der Waals surface area contributed by atoms with Crippen molar-refractivity contribution in [2.24, 2.45) is 0 Å². The lowest BCUT2D eigenvalue weighted by atomic mass is 10.1. The molecule has 3 aromatic heterocycles. The molecule has 1 aliphatic heterocycles. The Balaban J connectivity index is 1.92. The van der Waals surface area contributed by atoms with E-state index in [0.29, 0.717) is 6.54 Å². The zero-order chi connectivity index (χ0) is 17.6. The minimum atomic E-state index is -0.284. The van der Waals surface area contributed by atoms with E-state index in [1.54, 1.807) is 6.26 Å². The molecule has 0 aromatic carbocycles. The Kier molecular flexibility index (Phi) is 4.00. The number of fused-ring (bicyclic) bond motifs is 1. The van der Waals surface area contributed by atoms with E-state index in [0.717, 1.165) is 60.0 Å². The summed E-state index contributed by atoms with van der Waals surface area (Å²) in [5, 5.41) is 15.0. The molecule has 6 heteroatoms. The Labute approximate surface area is 147 Å². The molecule has 1 saturated heterocycles. The van der Waals surface area contributed by atoms with Crippen LogP contribution in [0.1, 0.15) is 36.8 Å². The van der Waals surface area contributed by atoms with Gasteiger partial charge in [-0.25, -0.2) is 4.98 Å². The van der Waals surface area contributed by atoms with Gasteiger partial charge in [0.1, 0.15) is 11.6 Å². The largest absolute Gasteiger partial charge is 0.469 e. The van der Waals surface area contributed by atoms with Crippen LogP contribution in [0.5, 0.6) is 0 Å². The highest BCUT2D eigenvalue weighted by Crippen LogP contribution is 2.30. The lowest BCUT2D eigenvalue weighted by molar-refractivity contribution is 0.153. The standard InChI is InChI=1S/C19H24N4O2/c1-4-15-12(2)20-18-10-17(16-7-9-25-13(16)3)21-23(18)19(15)22-8-5-6-14(24)11-22/h7,9-10,14,24H,4-6,8,11H2,1-3H3/t14-/m0/s1. The van der Waals surface area contributed by atoms with Crippen LogP contribution in [0.3, 0.4) is 0 Å². The second-order valence-electron chi connectivity index (χ2n) is 6.79. The molecule has 1 atom stereocenters. The average molecular weight is 340 g/mol. The van der Waals surface area contributed by atoms with Gasteiger partial charge in [0, 0.05) is 36.0 Å². The van der Waals surface area contributed by atoms with E-state index >= 15 is 0 Å². The number of aryl methyl sites for hydroxylation is 2. The van der Waals surface area contributed by atoms with Crippen LogP contribution in [0.25, 0.3) is 16.9 Å². The minimum absolute atomic E-state index is 0.284. The molecule has 132 valence electrons. The number of hydrogen-bond acceptors (Lipinski definition) is 5. The van der Waals surface area contributed by atoms with E-state index < -0.39 is 0 Å². The van der Waals surface area contributed by atoms with E-state index in [-0.39, 0.29) is 6.10 Å². The second kappa shape index (κ2) is 6.19. The smallest absolute Gasteiger partial charge is 0.158 e. The van der Waals surface area contributed by atoms with E-state index in [9.17, 15) is 5.11 Å². The second-order valence-corrected chi connectivity index (χ2v) is 6.79. The van der Waals surface area contributed by atoms with E-state index in [2.05, 4.69) is 18.7 Å². The van der Waals surface area contributed by atoms with Crippen LogP contribution in [-0.4, -0.2) is 38.9 Å². The Bertz CT molecular complexity index is 912.